The standard InChI is InChI=1S/C25H31FO9.Na/c1-22-8-7-14(27)9-13(22)3-4-15-16-10-17(28)25(34,23(16,2)11-18(29)24(15,22)26)19(30)12-35-21(33)6-5-20(31)32;/h7-9,15-18,28-29,34H,3-6,10-12H2,1-2H3,(H,31,32);/q;+1/t15-,16-,17?,18?,22-,23-,24-,25-;/m0./s1. The summed E-state index contributed by atoms with van der Waals surface area (Å²) in [6.07, 6.45) is 0.282. The van der Waals surface area contributed by atoms with Crippen molar-refractivity contribution in [1.82, 2.24) is 0 Å². The Balaban J connectivity index is 0.00000361. The van der Waals surface area contributed by atoms with Gasteiger partial charge in [0.1, 0.15) is 0 Å². The van der Waals surface area contributed by atoms with Gasteiger partial charge in [-0.3, -0.25) is 19.2 Å². The number of aliphatic hydroxyl groups is 3. The first-order valence-corrected chi connectivity index (χ1v) is 11.8. The Kier molecular flexibility index (Phi) is 7.85. The molecule has 0 spiro atoms. The second-order valence-electron chi connectivity index (χ2n) is 10.8. The number of allylic oxidation sites excluding steroid dienone is 4. The number of halogens is 1. The second kappa shape index (κ2) is 9.71. The van der Waals surface area contributed by atoms with Gasteiger partial charge in [0.15, 0.2) is 23.7 Å². The second-order valence-corrected chi connectivity index (χ2v) is 10.8. The molecule has 11 heteroatoms. The van der Waals surface area contributed by atoms with E-state index in [0.717, 1.165) is 0 Å². The van der Waals surface area contributed by atoms with Crippen LogP contribution in [-0.2, 0) is 23.9 Å². The molecule has 3 fully saturated rings. The molecule has 0 radical (unpaired) electrons. The van der Waals surface area contributed by atoms with E-state index in [1.54, 1.807) is 6.92 Å². The largest absolute Gasteiger partial charge is 1.00 e. The first-order valence-electron chi connectivity index (χ1n) is 11.8. The molecule has 4 aliphatic rings. The van der Waals surface area contributed by atoms with E-state index in [9.17, 15) is 34.5 Å². The SMILES string of the molecule is C[C@]12C=CC(=O)C=C1CC[C@H]1[C@@H]3CC(O)[C@](O)(C(=O)COC(=O)CCC(=O)O)[C@@]3(C)CC(O)[C@@]12F.[Na+]. The molecule has 4 aliphatic carbocycles. The number of aliphatic carboxylic acids is 1. The van der Waals surface area contributed by atoms with Crippen LogP contribution in [0.5, 0.6) is 0 Å². The number of ether oxygens (including phenoxy) is 1. The average molecular weight is 518 g/mol. The molecular weight excluding hydrogens is 486 g/mol. The summed E-state index contributed by atoms with van der Waals surface area (Å²) < 4.78 is 21.9. The van der Waals surface area contributed by atoms with Crippen LogP contribution in [0, 0.1) is 22.7 Å². The Bertz CT molecular complexity index is 1040. The van der Waals surface area contributed by atoms with Gasteiger partial charge in [0.25, 0.3) is 0 Å². The molecule has 0 amide bonds. The van der Waals surface area contributed by atoms with Crippen molar-refractivity contribution in [3.63, 3.8) is 0 Å². The minimum Gasteiger partial charge on any atom is -0.481 e. The van der Waals surface area contributed by atoms with Gasteiger partial charge in [0, 0.05) is 16.7 Å². The number of carbonyl (C=O) groups is 4. The third-order valence-corrected chi connectivity index (χ3v) is 9.19. The molecule has 0 bridgehead atoms. The van der Waals surface area contributed by atoms with Crippen LogP contribution in [0.2, 0.25) is 0 Å². The summed E-state index contributed by atoms with van der Waals surface area (Å²) in [5.41, 5.74) is -6.66. The number of hydrogen-bond acceptors (Lipinski definition) is 8. The number of carboxylic acid groups (broad SMARTS) is 1. The number of fused-ring (bicyclic) bond motifs is 5. The quantitative estimate of drug-likeness (QED) is 0.232. The maximum Gasteiger partial charge on any atom is 1.00 e. The Morgan fingerprint density at radius 2 is 1.81 bits per heavy atom. The van der Waals surface area contributed by atoms with Gasteiger partial charge in [-0.25, -0.2) is 4.39 Å². The van der Waals surface area contributed by atoms with E-state index in [1.165, 1.54) is 25.2 Å². The molecule has 0 heterocycles. The molecule has 2 unspecified atom stereocenters. The van der Waals surface area contributed by atoms with Crippen molar-refractivity contribution < 1.29 is 78.3 Å². The number of carboxylic acids is 1. The number of esters is 1. The van der Waals surface area contributed by atoms with Crippen LogP contribution in [0.1, 0.15) is 52.4 Å². The van der Waals surface area contributed by atoms with Crippen molar-refractivity contribution in [2.75, 3.05) is 6.61 Å². The first-order chi connectivity index (χ1) is 16.2. The molecule has 4 rings (SSSR count). The van der Waals surface area contributed by atoms with E-state index in [4.69, 9.17) is 9.84 Å². The van der Waals surface area contributed by atoms with Crippen molar-refractivity contribution in [3.05, 3.63) is 23.8 Å². The van der Waals surface area contributed by atoms with Gasteiger partial charge in [0.2, 0.25) is 5.78 Å². The molecule has 4 N–H and O–H groups in total. The predicted octanol–water partition coefficient (Wildman–Crippen LogP) is -1.96. The number of aliphatic hydroxyl groups excluding tert-OH is 2. The summed E-state index contributed by atoms with van der Waals surface area (Å²) in [6, 6.07) is 0. The molecule has 36 heavy (non-hydrogen) atoms. The van der Waals surface area contributed by atoms with Crippen molar-refractivity contribution in [3.8, 4) is 0 Å². The van der Waals surface area contributed by atoms with Gasteiger partial charge in [0.05, 0.1) is 25.0 Å². The smallest absolute Gasteiger partial charge is 0.481 e. The van der Waals surface area contributed by atoms with Gasteiger partial charge in [-0.15, -0.1) is 0 Å². The normalized spacial score (nSPS) is 42.8. The van der Waals surface area contributed by atoms with Crippen LogP contribution in [0.4, 0.5) is 4.39 Å². The molecule has 0 saturated heterocycles. The number of hydrogen-bond donors (Lipinski definition) is 4. The maximum atomic E-state index is 17.0. The fourth-order valence-corrected chi connectivity index (χ4v) is 7.27. The summed E-state index contributed by atoms with van der Waals surface area (Å²) in [7, 11) is 0. The number of Topliss-reactive ketones (excluding diaryl/α,β-unsaturated/α-hetero) is 1. The third-order valence-electron chi connectivity index (χ3n) is 9.19. The zero-order valence-electron chi connectivity index (χ0n) is 20.7. The average Bonchev–Trinajstić information content (AvgIpc) is 2.99. The van der Waals surface area contributed by atoms with Crippen LogP contribution in [0.3, 0.4) is 0 Å². The van der Waals surface area contributed by atoms with E-state index in [1.807, 2.05) is 0 Å². The predicted molar refractivity (Wildman–Crippen MR) is 118 cm³/mol. The summed E-state index contributed by atoms with van der Waals surface area (Å²) in [5, 5.41) is 42.3. The van der Waals surface area contributed by atoms with E-state index >= 15 is 4.39 Å². The summed E-state index contributed by atoms with van der Waals surface area (Å²) in [4.78, 5) is 47.4. The summed E-state index contributed by atoms with van der Waals surface area (Å²) in [6.45, 7) is 2.29. The number of carbonyl (C=O) groups excluding carboxylic acids is 3. The van der Waals surface area contributed by atoms with Crippen molar-refractivity contribution in [2.24, 2.45) is 22.7 Å². The monoisotopic (exact) mass is 517 g/mol. The van der Waals surface area contributed by atoms with Crippen LogP contribution >= 0.6 is 0 Å². The van der Waals surface area contributed by atoms with Gasteiger partial charge >= 0.3 is 41.5 Å². The summed E-state index contributed by atoms with van der Waals surface area (Å²) in [5.74, 6) is -4.87. The Labute approximate surface area is 230 Å². The van der Waals surface area contributed by atoms with Gasteiger partial charge < -0.3 is 25.2 Å². The molecule has 8 atom stereocenters. The van der Waals surface area contributed by atoms with Crippen LogP contribution in [0.25, 0.3) is 0 Å². The van der Waals surface area contributed by atoms with E-state index in [2.05, 4.69) is 0 Å². The molecule has 9 nitrogen and oxygen atoms in total. The molecule has 3 saturated carbocycles. The Morgan fingerprint density at radius 1 is 1.14 bits per heavy atom. The molecular formula is C25H31FNaO9+. The van der Waals surface area contributed by atoms with Crippen LogP contribution in [-0.4, -0.2) is 74.0 Å². The number of ketones is 2. The maximum absolute atomic E-state index is 17.0. The fraction of sp³-hybridized carbons (Fsp3) is 0.680. The zero-order chi connectivity index (χ0) is 26.0. The van der Waals surface area contributed by atoms with E-state index in [0.29, 0.717) is 12.0 Å². The Hall–Kier alpha value is -1.43. The zero-order valence-corrected chi connectivity index (χ0v) is 22.7. The topological polar surface area (TPSA) is 158 Å². The first kappa shape index (κ1) is 29.1. The molecule has 0 aromatic rings. The fourth-order valence-electron chi connectivity index (χ4n) is 7.27. The molecule has 0 aromatic heterocycles. The van der Waals surface area contributed by atoms with Crippen LogP contribution in [0.15, 0.2) is 23.8 Å². The van der Waals surface area contributed by atoms with E-state index in [-0.39, 0.29) is 54.6 Å². The van der Waals surface area contributed by atoms with Crippen molar-refractivity contribution in [1.29, 1.82) is 0 Å². The minimum absolute atomic E-state index is 0. The van der Waals surface area contributed by atoms with Crippen molar-refractivity contribution >= 4 is 23.5 Å². The van der Waals surface area contributed by atoms with Gasteiger partial charge in [-0.1, -0.05) is 18.6 Å². The van der Waals surface area contributed by atoms with E-state index < -0.39 is 83.3 Å². The Morgan fingerprint density at radius 3 is 2.44 bits per heavy atom. The molecule has 0 aliphatic heterocycles. The third kappa shape index (κ3) is 3.96. The summed E-state index contributed by atoms with van der Waals surface area (Å²) >= 11 is 0. The number of rotatable bonds is 6. The minimum atomic E-state index is -2.40. The van der Waals surface area contributed by atoms with Crippen molar-refractivity contribution in [2.45, 2.75) is 75.9 Å². The molecule has 0 aromatic carbocycles. The molecule has 192 valence electrons. The van der Waals surface area contributed by atoms with Gasteiger partial charge in [-0.2, -0.15) is 0 Å². The van der Waals surface area contributed by atoms with Gasteiger partial charge in [-0.05, 0) is 50.7 Å². The van der Waals surface area contributed by atoms with Crippen LogP contribution < -0.4 is 29.6 Å². The number of alkyl halides is 1.